The molecule has 0 amide bonds. The molecule has 3 rings (SSSR count). The van der Waals surface area contributed by atoms with Gasteiger partial charge in [-0.1, -0.05) is 0 Å². The average molecular weight is 269 g/mol. The summed E-state index contributed by atoms with van der Waals surface area (Å²) < 4.78 is 5.07. The zero-order valence-electron chi connectivity index (χ0n) is 10.4. The first kappa shape index (κ1) is 12.2. The number of nitrogens with zero attached hydrogens (tertiary/aromatic N) is 2. The molecule has 20 heavy (non-hydrogen) atoms. The van der Waals surface area contributed by atoms with Crippen LogP contribution in [0.1, 0.15) is 0 Å². The monoisotopic (exact) mass is 269 g/mol. The number of fused-ring (bicyclic) bond motifs is 1. The Morgan fingerprint density at radius 2 is 2.05 bits per heavy atom. The molecule has 0 unspecified atom stereocenters. The Hall–Kier alpha value is -2.89. The predicted octanol–water partition coefficient (Wildman–Crippen LogP) is 2.09. The van der Waals surface area contributed by atoms with E-state index in [1.807, 2.05) is 24.3 Å². The minimum Gasteiger partial charge on any atom is -0.482 e. The molecular formula is C14H11N3O3. The lowest BCUT2D eigenvalue weighted by Crippen LogP contribution is -2.09. The number of carbonyl (C=O) groups is 1. The summed E-state index contributed by atoms with van der Waals surface area (Å²) in [6, 6.07) is 10.8. The zero-order chi connectivity index (χ0) is 13.9. The van der Waals surface area contributed by atoms with E-state index >= 15 is 0 Å². The van der Waals surface area contributed by atoms with E-state index in [2.05, 4.69) is 15.0 Å². The number of pyridine rings is 1. The number of aromatic nitrogens is 3. The molecule has 0 atom stereocenters. The fourth-order valence-corrected chi connectivity index (χ4v) is 1.84. The Morgan fingerprint density at radius 1 is 1.25 bits per heavy atom. The maximum atomic E-state index is 10.4. The first-order chi connectivity index (χ1) is 9.72. The van der Waals surface area contributed by atoms with Crippen molar-refractivity contribution in [1.82, 2.24) is 15.0 Å². The van der Waals surface area contributed by atoms with Crippen LogP contribution in [-0.4, -0.2) is 32.6 Å². The third-order valence-electron chi connectivity index (χ3n) is 2.75. The van der Waals surface area contributed by atoms with Crippen LogP contribution in [0, 0.1) is 0 Å². The SMILES string of the molecule is O=C(O)COc1ccc(-c2nc3ncccc3[nH]2)cc1. The number of ether oxygens (including phenoxy) is 1. The van der Waals surface area contributed by atoms with E-state index in [-0.39, 0.29) is 6.61 Å². The normalized spacial score (nSPS) is 10.6. The molecule has 1 aromatic carbocycles. The minimum atomic E-state index is -1.00. The maximum absolute atomic E-state index is 10.4. The average Bonchev–Trinajstić information content (AvgIpc) is 2.89. The molecule has 0 spiro atoms. The molecule has 0 aliphatic carbocycles. The first-order valence-corrected chi connectivity index (χ1v) is 5.98. The number of hydrogen-bond acceptors (Lipinski definition) is 4. The number of H-pyrrole nitrogens is 1. The lowest BCUT2D eigenvalue weighted by Gasteiger charge is -2.03. The van der Waals surface area contributed by atoms with Gasteiger partial charge in [0.05, 0.1) is 5.52 Å². The molecule has 3 aromatic rings. The highest BCUT2D eigenvalue weighted by atomic mass is 16.5. The summed E-state index contributed by atoms with van der Waals surface area (Å²) >= 11 is 0. The van der Waals surface area contributed by atoms with Crippen LogP contribution in [0.5, 0.6) is 5.75 Å². The van der Waals surface area contributed by atoms with Crippen LogP contribution in [0.4, 0.5) is 0 Å². The van der Waals surface area contributed by atoms with Gasteiger partial charge in [0.2, 0.25) is 0 Å². The van der Waals surface area contributed by atoms with Crippen molar-refractivity contribution in [3.8, 4) is 17.1 Å². The van der Waals surface area contributed by atoms with E-state index in [1.165, 1.54) is 0 Å². The van der Waals surface area contributed by atoms with Crippen molar-refractivity contribution >= 4 is 17.1 Å². The molecule has 0 aliphatic rings. The highest BCUT2D eigenvalue weighted by Gasteiger charge is 2.06. The van der Waals surface area contributed by atoms with Gasteiger partial charge in [-0.05, 0) is 36.4 Å². The van der Waals surface area contributed by atoms with Crippen LogP contribution in [-0.2, 0) is 4.79 Å². The second-order valence-corrected chi connectivity index (χ2v) is 4.17. The first-order valence-electron chi connectivity index (χ1n) is 5.98. The number of benzene rings is 1. The fourth-order valence-electron chi connectivity index (χ4n) is 1.84. The van der Waals surface area contributed by atoms with Gasteiger partial charge in [-0.15, -0.1) is 0 Å². The maximum Gasteiger partial charge on any atom is 0.341 e. The molecule has 6 nitrogen and oxygen atoms in total. The molecule has 2 N–H and O–H groups in total. The molecule has 0 fully saturated rings. The van der Waals surface area contributed by atoms with E-state index in [4.69, 9.17) is 9.84 Å². The second kappa shape index (κ2) is 5.00. The van der Waals surface area contributed by atoms with Crippen molar-refractivity contribution in [2.24, 2.45) is 0 Å². The minimum absolute atomic E-state index is 0.353. The summed E-state index contributed by atoms with van der Waals surface area (Å²) in [6.45, 7) is -0.353. The Labute approximate surface area is 114 Å². The molecule has 0 aliphatic heterocycles. The number of hydrogen-bond donors (Lipinski definition) is 2. The van der Waals surface area contributed by atoms with Crippen LogP contribution < -0.4 is 4.74 Å². The summed E-state index contributed by atoms with van der Waals surface area (Å²) in [4.78, 5) is 22.1. The van der Waals surface area contributed by atoms with Crippen molar-refractivity contribution in [3.05, 3.63) is 42.6 Å². The summed E-state index contributed by atoms with van der Waals surface area (Å²) in [7, 11) is 0. The molecule has 0 saturated heterocycles. The van der Waals surface area contributed by atoms with Gasteiger partial charge in [-0.2, -0.15) is 0 Å². The number of rotatable bonds is 4. The summed E-state index contributed by atoms with van der Waals surface area (Å²) in [5.41, 5.74) is 2.41. The molecule has 2 aromatic heterocycles. The van der Waals surface area contributed by atoms with E-state index in [0.29, 0.717) is 17.2 Å². The van der Waals surface area contributed by atoms with Crippen LogP contribution in [0.3, 0.4) is 0 Å². The molecule has 0 radical (unpaired) electrons. The van der Waals surface area contributed by atoms with Gasteiger partial charge >= 0.3 is 5.97 Å². The summed E-state index contributed by atoms with van der Waals surface area (Å²) in [5.74, 6) is 0.214. The molecule has 0 bridgehead atoms. The van der Waals surface area contributed by atoms with Gasteiger partial charge in [0.1, 0.15) is 11.6 Å². The largest absolute Gasteiger partial charge is 0.482 e. The van der Waals surface area contributed by atoms with Gasteiger partial charge in [-0.3, -0.25) is 0 Å². The van der Waals surface area contributed by atoms with E-state index in [9.17, 15) is 4.79 Å². The van der Waals surface area contributed by atoms with Crippen molar-refractivity contribution in [3.63, 3.8) is 0 Å². The molecule has 2 heterocycles. The Balaban J connectivity index is 1.85. The smallest absolute Gasteiger partial charge is 0.341 e. The highest BCUT2D eigenvalue weighted by molar-refractivity contribution is 5.75. The van der Waals surface area contributed by atoms with Crippen molar-refractivity contribution in [2.75, 3.05) is 6.61 Å². The van der Waals surface area contributed by atoms with Gasteiger partial charge in [0.25, 0.3) is 0 Å². The molecule has 100 valence electrons. The van der Waals surface area contributed by atoms with Crippen LogP contribution in [0.2, 0.25) is 0 Å². The quantitative estimate of drug-likeness (QED) is 0.757. The van der Waals surface area contributed by atoms with Gasteiger partial charge < -0.3 is 14.8 Å². The van der Waals surface area contributed by atoms with Crippen LogP contribution >= 0.6 is 0 Å². The van der Waals surface area contributed by atoms with Gasteiger partial charge in [0.15, 0.2) is 12.3 Å². The Bertz CT molecular complexity index is 717. The number of carboxylic acid groups (broad SMARTS) is 1. The number of aliphatic carboxylic acids is 1. The van der Waals surface area contributed by atoms with E-state index in [1.54, 1.807) is 18.3 Å². The standard InChI is InChI=1S/C14H11N3O3/c18-12(19)8-20-10-5-3-9(4-6-10)13-16-11-2-1-7-15-14(11)17-13/h1-7H,8H2,(H,18,19)(H,15,16,17). The summed E-state index contributed by atoms with van der Waals surface area (Å²) in [5, 5.41) is 8.54. The van der Waals surface area contributed by atoms with Crippen molar-refractivity contribution < 1.29 is 14.6 Å². The molecule has 0 saturated carbocycles. The van der Waals surface area contributed by atoms with E-state index < -0.39 is 5.97 Å². The lowest BCUT2D eigenvalue weighted by atomic mass is 10.2. The number of aromatic amines is 1. The number of nitrogens with one attached hydrogen (secondary N) is 1. The number of carboxylic acids is 1. The van der Waals surface area contributed by atoms with Crippen molar-refractivity contribution in [2.45, 2.75) is 0 Å². The third kappa shape index (κ3) is 2.44. The topological polar surface area (TPSA) is 88.1 Å². The zero-order valence-corrected chi connectivity index (χ0v) is 10.4. The van der Waals surface area contributed by atoms with Gasteiger partial charge in [-0.25, -0.2) is 14.8 Å². The molecular weight excluding hydrogens is 258 g/mol. The fraction of sp³-hybridized carbons (Fsp3) is 0.0714. The highest BCUT2D eigenvalue weighted by Crippen LogP contribution is 2.21. The molecule has 6 heteroatoms. The third-order valence-corrected chi connectivity index (χ3v) is 2.75. The predicted molar refractivity (Wildman–Crippen MR) is 72.5 cm³/mol. The van der Waals surface area contributed by atoms with Gasteiger partial charge in [0, 0.05) is 11.8 Å². The Kier molecular flexibility index (Phi) is 3.04. The van der Waals surface area contributed by atoms with E-state index in [0.717, 1.165) is 11.1 Å². The summed E-state index contributed by atoms with van der Waals surface area (Å²) in [6.07, 6.45) is 1.69. The van der Waals surface area contributed by atoms with Crippen LogP contribution in [0.25, 0.3) is 22.6 Å². The second-order valence-electron chi connectivity index (χ2n) is 4.17. The Morgan fingerprint density at radius 3 is 2.75 bits per heavy atom. The van der Waals surface area contributed by atoms with Crippen molar-refractivity contribution in [1.29, 1.82) is 0 Å². The number of imidazole rings is 1. The lowest BCUT2D eigenvalue weighted by molar-refractivity contribution is -0.139. The van der Waals surface area contributed by atoms with Crippen LogP contribution in [0.15, 0.2) is 42.6 Å².